The van der Waals surface area contributed by atoms with Gasteiger partial charge < -0.3 is 19.7 Å². The lowest BCUT2D eigenvalue weighted by atomic mass is 10.2. The van der Waals surface area contributed by atoms with E-state index in [4.69, 9.17) is 21.1 Å². The summed E-state index contributed by atoms with van der Waals surface area (Å²) in [6.07, 6.45) is 1.66. The molecular weight excluding hydrogens is 304 g/mol. The Balaban J connectivity index is 1.86. The van der Waals surface area contributed by atoms with Crippen molar-refractivity contribution in [2.45, 2.75) is 25.9 Å². The molecule has 1 atom stereocenters. The van der Waals surface area contributed by atoms with Crippen molar-refractivity contribution in [1.29, 1.82) is 0 Å². The summed E-state index contributed by atoms with van der Waals surface area (Å²) in [7, 11) is 1.57. The maximum Gasteiger partial charge on any atom is 0.225 e. The normalized spacial score (nSPS) is 19.5. The summed E-state index contributed by atoms with van der Waals surface area (Å²) >= 11 is 5.96. The molecule has 0 radical (unpaired) electrons. The Kier molecular flexibility index (Phi) is 6.49. The summed E-state index contributed by atoms with van der Waals surface area (Å²) in [6, 6.07) is 5.17. The van der Waals surface area contributed by atoms with Crippen molar-refractivity contribution in [2.24, 2.45) is 0 Å². The van der Waals surface area contributed by atoms with Gasteiger partial charge in [0.2, 0.25) is 5.91 Å². The van der Waals surface area contributed by atoms with E-state index >= 15 is 0 Å². The Labute approximate surface area is 136 Å². The number of ether oxygens (including phenoxy) is 2. The fourth-order valence-electron chi connectivity index (χ4n) is 2.53. The largest absolute Gasteiger partial charge is 0.495 e. The molecule has 1 saturated heterocycles. The third-order valence-corrected chi connectivity index (χ3v) is 3.86. The number of nitrogens with zero attached hydrogens (tertiary/aromatic N) is 1. The van der Waals surface area contributed by atoms with Gasteiger partial charge in [0.05, 0.1) is 18.9 Å². The third-order valence-electron chi connectivity index (χ3n) is 3.63. The van der Waals surface area contributed by atoms with Gasteiger partial charge in [0.1, 0.15) is 5.75 Å². The monoisotopic (exact) mass is 326 g/mol. The second-order valence-electron chi connectivity index (χ2n) is 5.48. The van der Waals surface area contributed by atoms with Crippen molar-refractivity contribution in [2.75, 3.05) is 38.7 Å². The lowest BCUT2D eigenvalue weighted by Crippen LogP contribution is -2.33. The van der Waals surface area contributed by atoms with Crippen LogP contribution in [0, 0.1) is 0 Å². The van der Waals surface area contributed by atoms with E-state index in [0.29, 0.717) is 22.9 Å². The average Bonchev–Trinajstić information content (AvgIpc) is 2.70. The number of benzene rings is 1. The highest BCUT2D eigenvalue weighted by Gasteiger charge is 2.16. The molecule has 1 fully saturated rings. The van der Waals surface area contributed by atoms with Gasteiger partial charge >= 0.3 is 0 Å². The molecule has 0 aliphatic carbocycles. The molecule has 6 heteroatoms. The molecule has 5 nitrogen and oxygen atoms in total. The Bertz CT molecular complexity index is 510. The van der Waals surface area contributed by atoms with E-state index in [1.165, 1.54) is 0 Å². The summed E-state index contributed by atoms with van der Waals surface area (Å²) < 4.78 is 10.8. The van der Waals surface area contributed by atoms with Crippen molar-refractivity contribution >= 4 is 23.2 Å². The predicted molar refractivity (Wildman–Crippen MR) is 87.7 cm³/mol. The molecule has 1 N–H and O–H groups in total. The van der Waals surface area contributed by atoms with Gasteiger partial charge in [-0.15, -0.1) is 0 Å². The van der Waals surface area contributed by atoms with Gasteiger partial charge in [0, 0.05) is 37.7 Å². The number of carbonyl (C=O) groups excluding carboxylic acids is 1. The molecular formula is C16H23ClN2O3. The number of carbonyl (C=O) groups is 1. The van der Waals surface area contributed by atoms with Gasteiger partial charge in [0.25, 0.3) is 0 Å². The van der Waals surface area contributed by atoms with Gasteiger partial charge in [-0.25, -0.2) is 0 Å². The van der Waals surface area contributed by atoms with Crippen LogP contribution in [0.3, 0.4) is 0 Å². The van der Waals surface area contributed by atoms with Gasteiger partial charge in [-0.3, -0.25) is 4.79 Å². The number of halogens is 1. The molecule has 0 bridgehead atoms. The van der Waals surface area contributed by atoms with E-state index in [1.54, 1.807) is 25.3 Å². The second-order valence-corrected chi connectivity index (χ2v) is 5.91. The summed E-state index contributed by atoms with van der Waals surface area (Å²) in [5.41, 5.74) is 0.604. The molecule has 0 saturated carbocycles. The molecule has 1 amide bonds. The van der Waals surface area contributed by atoms with Crippen molar-refractivity contribution < 1.29 is 14.3 Å². The SMILES string of the molecule is COc1ccc(Cl)cc1NC(=O)CCN1CCCOC(C)C1. The minimum atomic E-state index is -0.0432. The lowest BCUT2D eigenvalue weighted by Gasteiger charge is -2.21. The molecule has 22 heavy (non-hydrogen) atoms. The standard InChI is InChI=1S/C16H23ClN2O3/c1-12-11-19(7-3-9-22-12)8-6-16(20)18-14-10-13(17)4-5-15(14)21-2/h4-5,10,12H,3,6-9,11H2,1-2H3,(H,18,20). The Morgan fingerprint density at radius 1 is 1.55 bits per heavy atom. The predicted octanol–water partition coefficient (Wildman–Crippen LogP) is 2.79. The number of hydrogen-bond donors (Lipinski definition) is 1. The summed E-state index contributed by atoms with van der Waals surface area (Å²) in [6.45, 7) is 5.42. The molecule has 1 unspecified atom stereocenters. The first-order valence-electron chi connectivity index (χ1n) is 7.56. The molecule has 1 heterocycles. The lowest BCUT2D eigenvalue weighted by molar-refractivity contribution is -0.116. The second kappa shape index (κ2) is 8.36. The summed E-state index contributed by atoms with van der Waals surface area (Å²) in [5.74, 6) is 0.563. The Morgan fingerprint density at radius 2 is 2.36 bits per heavy atom. The third kappa shape index (κ3) is 5.16. The van der Waals surface area contributed by atoms with Gasteiger partial charge in [-0.2, -0.15) is 0 Å². The van der Waals surface area contributed by atoms with Crippen LogP contribution in [0.15, 0.2) is 18.2 Å². The zero-order valence-corrected chi connectivity index (χ0v) is 13.9. The first kappa shape index (κ1) is 17.1. The van der Waals surface area contributed by atoms with E-state index in [0.717, 1.165) is 32.7 Å². The van der Waals surface area contributed by atoms with Crippen molar-refractivity contribution in [3.05, 3.63) is 23.2 Å². The number of rotatable bonds is 5. The fraction of sp³-hybridized carbons (Fsp3) is 0.562. The van der Waals surface area contributed by atoms with Crippen LogP contribution in [0.1, 0.15) is 19.8 Å². The Hall–Kier alpha value is -1.30. The van der Waals surface area contributed by atoms with Crippen LogP contribution in [0.5, 0.6) is 5.75 Å². The molecule has 1 aliphatic heterocycles. The number of amides is 1. The van der Waals surface area contributed by atoms with Crippen LogP contribution in [0.4, 0.5) is 5.69 Å². The van der Waals surface area contributed by atoms with E-state index < -0.39 is 0 Å². The topological polar surface area (TPSA) is 50.8 Å². The molecule has 1 aromatic rings. The van der Waals surface area contributed by atoms with Crippen LogP contribution >= 0.6 is 11.6 Å². The number of nitrogens with one attached hydrogen (secondary N) is 1. The highest BCUT2D eigenvalue weighted by Crippen LogP contribution is 2.27. The molecule has 0 spiro atoms. The van der Waals surface area contributed by atoms with Crippen molar-refractivity contribution in [3.63, 3.8) is 0 Å². The zero-order chi connectivity index (χ0) is 15.9. The van der Waals surface area contributed by atoms with Crippen molar-refractivity contribution in [3.8, 4) is 5.75 Å². The molecule has 0 aromatic heterocycles. The van der Waals surface area contributed by atoms with E-state index in [2.05, 4.69) is 17.1 Å². The average molecular weight is 327 g/mol. The smallest absolute Gasteiger partial charge is 0.225 e. The van der Waals surface area contributed by atoms with Crippen LogP contribution in [-0.4, -0.2) is 50.3 Å². The number of anilines is 1. The van der Waals surface area contributed by atoms with Gasteiger partial charge in [-0.05, 0) is 31.5 Å². The van der Waals surface area contributed by atoms with Gasteiger partial charge in [-0.1, -0.05) is 11.6 Å². The van der Waals surface area contributed by atoms with Crippen LogP contribution in [0.2, 0.25) is 5.02 Å². The van der Waals surface area contributed by atoms with Crippen molar-refractivity contribution in [1.82, 2.24) is 4.90 Å². The quantitative estimate of drug-likeness (QED) is 0.904. The van der Waals surface area contributed by atoms with E-state index in [-0.39, 0.29) is 12.0 Å². The first-order valence-corrected chi connectivity index (χ1v) is 7.93. The minimum absolute atomic E-state index is 0.0432. The van der Waals surface area contributed by atoms with Crippen LogP contribution in [0.25, 0.3) is 0 Å². The highest BCUT2D eigenvalue weighted by molar-refractivity contribution is 6.31. The zero-order valence-electron chi connectivity index (χ0n) is 13.1. The maximum atomic E-state index is 12.1. The molecule has 1 aromatic carbocycles. The molecule has 122 valence electrons. The summed E-state index contributed by atoms with van der Waals surface area (Å²) in [4.78, 5) is 14.4. The molecule has 1 aliphatic rings. The number of hydrogen-bond acceptors (Lipinski definition) is 4. The first-order chi connectivity index (χ1) is 10.6. The summed E-state index contributed by atoms with van der Waals surface area (Å²) in [5, 5.41) is 3.43. The van der Waals surface area contributed by atoms with Gasteiger partial charge in [0.15, 0.2) is 0 Å². The van der Waals surface area contributed by atoms with E-state index in [1.807, 2.05) is 0 Å². The minimum Gasteiger partial charge on any atom is -0.495 e. The van der Waals surface area contributed by atoms with E-state index in [9.17, 15) is 4.79 Å². The molecule has 2 rings (SSSR count). The van der Waals surface area contributed by atoms with Crippen LogP contribution in [-0.2, 0) is 9.53 Å². The van der Waals surface area contributed by atoms with Crippen LogP contribution < -0.4 is 10.1 Å². The maximum absolute atomic E-state index is 12.1. The Morgan fingerprint density at radius 3 is 3.14 bits per heavy atom. The number of methoxy groups -OCH3 is 1. The fourth-order valence-corrected chi connectivity index (χ4v) is 2.71. The highest BCUT2D eigenvalue weighted by atomic mass is 35.5.